The van der Waals surface area contributed by atoms with Crippen molar-refractivity contribution in [1.29, 1.82) is 0 Å². The first kappa shape index (κ1) is 8.61. The Morgan fingerprint density at radius 2 is 2.50 bits per heavy atom. The van der Waals surface area contributed by atoms with Crippen molar-refractivity contribution in [2.24, 2.45) is 0 Å². The molecule has 1 aromatic heterocycles. The smallest absolute Gasteiger partial charge is 0.0763 e. The van der Waals surface area contributed by atoms with Crippen molar-refractivity contribution < 1.29 is 0 Å². The van der Waals surface area contributed by atoms with Crippen LogP contribution in [0.1, 0.15) is 12.5 Å². The summed E-state index contributed by atoms with van der Waals surface area (Å²) in [6.07, 6.45) is 9.72. The molecule has 2 nitrogen and oxygen atoms in total. The molecular weight excluding hydrogens is 148 g/mol. The number of hydrogen-bond acceptors (Lipinski definition) is 2. The van der Waals surface area contributed by atoms with Crippen molar-refractivity contribution in [2.45, 2.75) is 13.3 Å². The first-order valence-electron chi connectivity index (χ1n) is 3.98. The molecule has 0 saturated carbocycles. The fourth-order valence-electron chi connectivity index (χ4n) is 1.04. The molecular formula is C10H12N2. The minimum Gasteiger partial charge on any atom is -0.373 e. The summed E-state index contributed by atoms with van der Waals surface area (Å²) in [6, 6.07) is 2.00. The monoisotopic (exact) mass is 160 g/mol. The van der Waals surface area contributed by atoms with Crippen LogP contribution in [0.2, 0.25) is 0 Å². The highest BCUT2D eigenvalue weighted by Gasteiger charge is 1.96. The summed E-state index contributed by atoms with van der Waals surface area (Å²) in [6.45, 7) is 2.66. The summed E-state index contributed by atoms with van der Waals surface area (Å²) in [5.41, 5.74) is 2.29. The molecule has 0 spiro atoms. The molecule has 1 N–H and O–H groups in total. The maximum atomic E-state index is 5.13. The summed E-state index contributed by atoms with van der Waals surface area (Å²) in [5.74, 6) is 2.53. The van der Waals surface area contributed by atoms with Crippen LogP contribution < -0.4 is 5.32 Å². The molecule has 0 aliphatic carbocycles. The van der Waals surface area contributed by atoms with Gasteiger partial charge in [-0.25, -0.2) is 0 Å². The Balaban J connectivity index is 2.76. The first-order valence-corrected chi connectivity index (χ1v) is 3.98. The average Bonchev–Trinajstić information content (AvgIpc) is 2.15. The van der Waals surface area contributed by atoms with Crippen LogP contribution in [0.5, 0.6) is 0 Å². The molecule has 1 heterocycles. The quantitative estimate of drug-likeness (QED) is 0.680. The summed E-state index contributed by atoms with van der Waals surface area (Å²) in [5, 5.41) is 3.12. The molecule has 0 radical (unpaired) electrons. The van der Waals surface area contributed by atoms with Crippen LogP contribution in [0, 0.1) is 12.3 Å². The molecule has 1 aromatic rings. The number of rotatable bonds is 3. The van der Waals surface area contributed by atoms with Crippen molar-refractivity contribution in [2.75, 3.05) is 11.9 Å². The lowest BCUT2D eigenvalue weighted by Crippen LogP contribution is -2.01. The lowest BCUT2D eigenvalue weighted by atomic mass is 10.2. The van der Waals surface area contributed by atoms with E-state index in [1.54, 1.807) is 12.4 Å². The predicted octanol–water partition coefficient (Wildman–Crippen LogP) is 1.69. The van der Waals surface area contributed by atoms with Gasteiger partial charge in [0.15, 0.2) is 0 Å². The Labute approximate surface area is 73.0 Å². The van der Waals surface area contributed by atoms with Gasteiger partial charge < -0.3 is 5.32 Å². The number of aryl methyl sites for hydroxylation is 1. The van der Waals surface area contributed by atoms with Crippen LogP contribution >= 0.6 is 0 Å². The second-order valence-electron chi connectivity index (χ2n) is 2.44. The second kappa shape index (κ2) is 4.40. The van der Waals surface area contributed by atoms with E-state index in [1.807, 2.05) is 6.07 Å². The average molecular weight is 160 g/mol. The highest BCUT2D eigenvalue weighted by molar-refractivity contribution is 5.49. The van der Waals surface area contributed by atoms with E-state index >= 15 is 0 Å². The molecule has 0 saturated heterocycles. The molecule has 0 aliphatic heterocycles. The van der Waals surface area contributed by atoms with Gasteiger partial charge in [-0.15, -0.1) is 6.42 Å². The Hall–Kier alpha value is -1.49. The number of nitrogens with zero attached hydrogens (tertiary/aromatic N) is 1. The third kappa shape index (κ3) is 2.00. The standard InChI is InChI=1S/C10H12N2/c1-3-6-12-10-8-11-7-5-9(10)4-2/h1,5,7-8,12H,4,6H2,2H3. The molecule has 0 unspecified atom stereocenters. The van der Waals surface area contributed by atoms with E-state index in [0.717, 1.165) is 12.1 Å². The van der Waals surface area contributed by atoms with E-state index in [9.17, 15) is 0 Å². The molecule has 0 bridgehead atoms. The summed E-state index contributed by atoms with van der Waals surface area (Å²) in [4.78, 5) is 4.02. The van der Waals surface area contributed by atoms with E-state index in [4.69, 9.17) is 6.42 Å². The number of aromatic nitrogens is 1. The van der Waals surface area contributed by atoms with Gasteiger partial charge in [0.05, 0.1) is 18.4 Å². The maximum Gasteiger partial charge on any atom is 0.0763 e. The molecule has 2 heteroatoms. The van der Waals surface area contributed by atoms with Crippen LogP contribution in [0.25, 0.3) is 0 Å². The van der Waals surface area contributed by atoms with Crippen molar-refractivity contribution in [3.63, 3.8) is 0 Å². The largest absolute Gasteiger partial charge is 0.373 e. The van der Waals surface area contributed by atoms with Gasteiger partial charge in [0.25, 0.3) is 0 Å². The number of hydrogen-bond donors (Lipinski definition) is 1. The van der Waals surface area contributed by atoms with Gasteiger partial charge in [-0.3, -0.25) is 4.98 Å². The molecule has 62 valence electrons. The van der Waals surface area contributed by atoms with Gasteiger partial charge in [-0.1, -0.05) is 12.8 Å². The SMILES string of the molecule is C#CCNc1cnccc1CC. The van der Waals surface area contributed by atoms with Gasteiger partial charge in [0, 0.05) is 6.20 Å². The van der Waals surface area contributed by atoms with Crippen LogP contribution in [-0.2, 0) is 6.42 Å². The van der Waals surface area contributed by atoms with Crippen molar-refractivity contribution in [3.8, 4) is 12.3 Å². The number of pyridine rings is 1. The third-order valence-electron chi connectivity index (χ3n) is 1.67. The van der Waals surface area contributed by atoms with E-state index in [2.05, 4.69) is 23.1 Å². The lowest BCUT2D eigenvalue weighted by molar-refractivity contribution is 1.11. The Kier molecular flexibility index (Phi) is 3.16. The fraction of sp³-hybridized carbons (Fsp3) is 0.300. The fourth-order valence-corrected chi connectivity index (χ4v) is 1.04. The maximum absolute atomic E-state index is 5.13. The van der Waals surface area contributed by atoms with E-state index in [-0.39, 0.29) is 0 Å². The van der Waals surface area contributed by atoms with Gasteiger partial charge in [0.1, 0.15) is 0 Å². The molecule has 0 atom stereocenters. The number of terminal acetylenes is 1. The van der Waals surface area contributed by atoms with Crippen molar-refractivity contribution >= 4 is 5.69 Å². The number of anilines is 1. The van der Waals surface area contributed by atoms with Crippen molar-refractivity contribution in [1.82, 2.24) is 4.98 Å². The van der Waals surface area contributed by atoms with Crippen LogP contribution in [0.3, 0.4) is 0 Å². The molecule has 1 rings (SSSR count). The summed E-state index contributed by atoms with van der Waals surface area (Å²) >= 11 is 0. The topological polar surface area (TPSA) is 24.9 Å². The zero-order chi connectivity index (χ0) is 8.81. The summed E-state index contributed by atoms with van der Waals surface area (Å²) in [7, 11) is 0. The molecule has 0 aromatic carbocycles. The molecule has 0 amide bonds. The van der Waals surface area contributed by atoms with E-state index < -0.39 is 0 Å². The van der Waals surface area contributed by atoms with Crippen molar-refractivity contribution in [3.05, 3.63) is 24.0 Å². The Bertz CT molecular complexity index is 286. The van der Waals surface area contributed by atoms with E-state index in [1.165, 1.54) is 5.56 Å². The van der Waals surface area contributed by atoms with Gasteiger partial charge in [-0.2, -0.15) is 0 Å². The second-order valence-corrected chi connectivity index (χ2v) is 2.44. The minimum absolute atomic E-state index is 0.554. The van der Waals surface area contributed by atoms with Crippen LogP contribution in [0.4, 0.5) is 5.69 Å². The van der Waals surface area contributed by atoms with Crippen LogP contribution in [0.15, 0.2) is 18.5 Å². The van der Waals surface area contributed by atoms with E-state index in [0.29, 0.717) is 6.54 Å². The normalized spacial score (nSPS) is 9.00. The van der Waals surface area contributed by atoms with Gasteiger partial charge >= 0.3 is 0 Å². The highest BCUT2D eigenvalue weighted by atomic mass is 14.9. The third-order valence-corrected chi connectivity index (χ3v) is 1.67. The molecule has 0 fully saturated rings. The van der Waals surface area contributed by atoms with Crippen LogP contribution in [-0.4, -0.2) is 11.5 Å². The Morgan fingerprint density at radius 1 is 1.67 bits per heavy atom. The highest BCUT2D eigenvalue weighted by Crippen LogP contribution is 2.12. The molecule has 0 aliphatic rings. The number of nitrogens with one attached hydrogen (secondary N) is 1. The lowest BCUT2D eigenvalue weighted by Gasteiger charge is -2.06. The summed E-state index contributed by atoms with van der Waals surface area (Å²) < 4.78 is 0. The Morgan fingerprint density at radius 3 is 3.17 bits per heavy atom. The van der Waals surface area contributed by atoms with Gasteiger partial charge in [-0.05, 0) is 18.1 Å². The zero-order valence-corrected chi connectivity index (χ0v) is 7.17. The zero-order valence-electron chi connectivity index (χ0n) is 7.17. The molecule has 12 heavy (non-hydrogen) atoms. The predicted molar refractivity (Wildman–Crippen MR) is 50.9 cm³/mol. The first-order chi connectivity index (χ1) is 5.88. The van der Waals surface area contributed by atoms with Gasteiger partial charge in [0.2, 0.25) is 0 Å². The minimum atomic E-state index is 0.554.